The third-order valence-electron chi connectivity index (χ3n) is 4.58. The molecular weight excluding hydrogens is 386 g/mol. The number of hydrogen-bond acceptors (Lipinski definition) is 3. The maximum Gasteiger partial charge on any atom is 0.244 e. The monoisotopic (exact) mass is 423 g/mol. The lowest BCUT2D eigenvalue weighted by Gasteiger charge is -2.14. The second-order valence-electron chi connectivity index (χ2n) is 7.63. The predicted molar refractivity (Wildman–Crippen MR) is 130 cm³/mol. The summed E-state index contributed by atoms with van der Waals surface area (Å²) in [5.41, 5.74) is 1.84. The predicted octanol–water partition coefficient (Wildman–Crippen LogP) is 5.02. The number of aliphatic hydroxyl groups is 2. The molecule has 0 bridgehead atoms. The van der Waals surface area contributed by atoms with E-state index < -0.39 is 12.2 Å². The fourth-order valence-corrected chi connectivity index (χ4v) is 2.80. The fourth-order valence-electron chi connectivity index (χ4n) is 2.80. The van der Waals surface area contributed by atoms with Crippen LogP contribution in [-0.4, -0.2) is 34.4 Å². The molecule has 1 aliphatic rings. The molecule has 0 saturated carbocycles. The first kappa shape index (κ1) is 26.3. The molecule has 1 amide bonds. The summed E-state index contributed by atoms with van der Waals surface area (Å²) in [7, 11) is 0. The van der Waals surface area contributed by atoms with E-state index >= 15 is 0 Å². The van der Waals surface area contributed by atoms with Crippen molar-refractivity contribution in [1.29, 1.82) is 0 Å². The van der Waals surface area contributed by atoms with Gasteiger partial charge < -0.3 is 15.5 Å². The van der Waals surface area contributed by atoms with Gasteiger partial charge in [0.25, 0.3) is 0 Å². The molecule has 0 aromatic rings. The summed E-state index contributed by atoms with van der Waals surface area (Å²) in [6.45, 7) is 5.96. The van der Waals surface area contributed by atoms with E-state index in [1.54, 1.807) is 36.5 Å². The first-order valence-corrected chi connectivity index (χ1v) is 11.0. The van der Waals surface area contributed by atoms with Gasteiger partial charge in [-0.3, -0.25) is 4.79 Å². The van der Waals surface area contributed by atoms with E-state index in [4.69, 9.17) is 0 Å². The van der Waals surface area contributed by atoms with Crippen LogP contribution in [0.4, 0.5) is 0 Å². The number of rotatable bonds is 4. The number of allylic oxidation sites excluding steroid dienone is 11. The van der Waals surface area contributed by atoms with Crippen molar-refractivity contribution >= 4 is 5.91 Å². The Bertz CT molecular complexity index is 778. The molecule has 3 N–H and O–H groups in total. The average Bonchev–Trinajstić information content (AvgIpc) is 2.73. The van der Waals surface area contributed by atoms with Crippen LogP contribution < -0.4 is 5.32 Å². The van der Waals surface area contributed by atoms with Gasteiger partial charge in [-0.1, -0.05) is 103 Å². The second-order valence-corrected chi connectivity index (χ2v) is 7.63. The zero-order valence-electron chi connectivity index (χ0n) is 18.9. The summed E-state index contributed by atoms with van der Waals surface area (Å²) in [6.07, 6.45) is 27.3. The van der Waals surface area contributed by atoms with Gasteiger partial charge in [-0.15, -0.1) is 0 Å². The molecule has 4 nitrogen and oxygen atoms in total. The molecule has 3 atom stereocenters. The second kappa shape index (κ2) is 16.1. The van der Waals surface area contributed by atoms with Gasteiger partial charge in [0.05, 0.1) is 0 Å². The number of carbonyl (C=O) groups excluding carboxylic acids is 1. The molecule has 0 aromatic carbocycles. The maximum absolute atomic E-state index is 12.3. The summed E-state index contributed by atoms with van der Waals surface area (Å²) < 4.78 is 0. The number of unbranched alkanes of at least 4 members (excludes halogenated alkanes) is 1. The lowest BCUT2D eigenvalue weighted by molar-refractivity contribution is -0.117. The van der Waals surface area contributed by atoms with Gasteiger partial charge in [0.2, 0.25) is 5.91 Å². The van der Waals surface area contributed by atoms with Crippen LogP contribution in [0.25, 0.3) is 0 Å². The molecule has 0 saturated heterocycles. The Morgan fingerprint density at radius 3 is 2.45 bits per heavy atom. The summed E-state index contributed by atoms with van der Waals surface area (Å²) >= 11 is 0. The van der Waals surface area contributed by atoms with E-state index in [9.17, 15) is 15.0 Å². The molecule has 31 heavy (non-hydrogen) atoms. The number of nitrogens with one attached hydrogen (secondary N) is 1. The Balaban J connectivity index is 3.01. The standard InChI is InChI=1S/C27H37NO3/c1-4-5-6-7-17-24-18-11-8-14-22(2)15-9-12-19-25(29)26(30)21-23(3)16-10-13-20-27(31)28-24/h6-16,19-21,24-26,29-30H,4-5,17-18H2,1-3H3,(H,28,31). The molecule has 0 aromatic heterocycles. The van der Waals surface area contributed by atoms with E-state index in [0.29, 0.717) is 0 Å². The third kappa shape index (κ3) is 13.3. The topological polar surface area (TPSA) is 69.6 Å². The molecule has 0 radical (unpaired) electrons. The first-order chi connectivity index (χ1) is 14.9. The van der Waals surface area contributed by atoms with Crippen LogP contribution in [0.5, 0.6) is 0 Å². The summed E-state index contributed by atoms with van der Waals surface area (Å²) in [5.74, 6) is -0.141. The van der Waals surface area contributed by atoms with Crippen LogP contribution in [0, 0.1) is 0 Å². The highest BCUT2D eigenvalue weighted by molar-refractivity contribution is 5.88. The lowest BCUT2D eigenvalue weighted by Crippen LogP contribution is -2.32. The van der Waals surface area contributed by atoms with Crippen molar-refractivity contribution < 1.29 is 15.0 Å². The Kier molecular flexibility index (Phi) is 13.6. The number of aliphatic hydroxyl groups excluding tert-OH is 2. The summed E-state index contributed by atoms with van der Waals surface area (Å²) in [6, 6.07) is 0.0292. The van der Waals surface area contributed by atoms with Crippen molar-refractivity contribution in [2.24, 2.45) is 0 Å². The van der Waals surface area contributed by atoms with Gasteiger partial charge >= 0.3 is 0 Å². The highest BCUT2D eigenvalue weighted by atomic mass is 16.3. The molecule has 1 heterocycles. The molecule has 0 aliphatic carbocycles. The Morgan fingerprint density at radius 2 is 1.68 bits per heavy atom. The Hall–Kier alpha value is -2.69. The number of amides is 1. The van der Waals surface area contributed by atoms with Gasteiger partial charge in [-0.2, -0.15) is 0 Å². The molecular formula is C27H37NO3. The van der Waals surface area contributed by atoms with Crippen molar-refractivity contribution in [2.45, 2.75) is 64.7 Å². The van der Waals surface area contributed by atoms with Crippen molar-refractivity contribution in [3.05, 3.63) is 96.2 Å². The van der Waals surface area contributed by atoms with Gasteiger partial charge in [0.1, 0.15) is 12.2 Å². The van der Waals surface area contributed by atoms with E-state index in [-0.39, 0.29) is 11.9 Å². The van der Waals surface area contributed by atoms with Crippen LogP contribution in [0.3, 0.4) is 0 Å². The summed E-state index contributed by atoms with van der Waals surface area (Å²) in [4.78, 5) is 12.3. The fraction of sp³-hybridized carbons (Fsp3) is 0.370. The van der Waals surface area contributed by atoms with Crippen LogP contribution >= 0.6 is 0 Å². The highest BCUT2D eigenvalue weighted by Gasteiger charge is 2.09. The quantitative estimate of drug-likeness (QED) is 0.556. The minimum atomic E-state index is -1.01. The van der Waals surface area contributed by atoms with E-state index in [1.165, 1.54) is 6.08 Å². The third-order valence-corrected chi connectivity index (χ3v) is 4.58. The minimum Gasteiger partial charge on any atom is -0.386 e. The average molecular weight is 424 g/mol. The van der Waals surface area contributed by atoms with Crippen molar-refractivity contribution in [2.75, 3.05) is 0 Å². The zero-order valence-corrected chi connectivity index (χ0v) is 18.9. The summed E-state index contributed by atoms with van der Waals surface area (Å²) in [5, 5.41) is 23.2. The van der Waals surface area contributed by atoms with Crippen LogP contribution in [0.2, 0.25) is 0 Å². The largest absolute Gasteiger partial charge is 0.386 e. The van der Waals surface area contributed by atoms with Gasteiger partial charge in [0, 0.05) is 12.1 Å². The SMILES string of the molecule is CCCC=CCC1CC=CC=C(C)C=CC=CC(O)C(O)C=C(C)C=CC=CC(=O)N1. The normalized spacial score (nSPS) is 24.2. The van der Waals surface area contributed by atoms with E-state index in [2.05, 4.69) is 30.5 Å². The van der Waals surface area contributed by atoms with Gasteiger partial charge in [-0.05, 0) is 33.1 Å². The van der Waals surface area contributed by atoms with Crippen molar-refractivity contribution in [3.63, 3.8) is 0 Å². The Labute approximate surface area is 187 Å². The Morgan fingerprint density at radius 1 is 0.968 bits per heavy atom. The molecule has 0 fully saturated rings. The first-order valence-electron chi connectivity index (χ1n) is 11.0. The van der Waals surface area contributed by atoms with Crippen LogP contribution in [-0.2, 0) is 4.79 Å². The highest BCUT2D eigenvalue weighted by Crippen LogP contribution is 2.06. The van der Waals surface area contributed by atoms with Gasteiger partial charge in [0.15, 0.2) is 0 Å². The molecule has 3 unspecified atom stereocenters. The molecule has 1 aliphatic heterocycles. The zero-order chi connectivity index (χ0) is 22.9. The lowest BCUT2D eigenvalue weighted by atomic mass is 10.1. The number of carbonyl (C=O) groups is 1. The van der Waals surface area contributed by atoms with Crippen molar-refractivity contribution in [3.8, 4) is 0 Å². The van der Waals surface area contributed by atoms with Crippen LogP contribution in [0.15, 0.2) is 96.2 Å². The van der Waals surface area contributed by atoms with E-state index in [1.807, 2.05) is 38.2 Å². The smallest absolute Gasteiger partial charge is 0.244 e. The molecule has 1 rings (SSSR count). The van der Waals surface area contributed by atoms with Crippen molar-refractivity contribution in [1.82, 2.24) is 5.32 Å². The van der Waals surface area contributed by atoms with Crippen LogP contribution in [0.1, 0.15) is 46.5 Å². The maximum atomic E-state index is 12.3. The van der Waals surface area contributed by atoms with Gasteiger partial charge in [-0.25, -0.2) is 0 Å². The minimum absolute atomic E-state index is 0.0292. The molecule has 0 spiro atoms. The molecule has 4 heteroatoms. The molecule has 168 valence electrons. The van der Waals surface area contributed by atoms with E-state index in [0.717, 1.165) is 36.8 Å². The number of hydrogen-bond donors (Lipinski definition) is 3.